The average Bonchev–Trinajstić information content (AvgIpc) is 2.28. The first-order chi connectivity index (χ1) is 7.99. The Labute approximate surface area is 101 Å². The van der Waals surface area contributed by atoms with Crippen molar-refractivity contribution in [2.75, 3.05) is 20.1 Å². The Hall–Kier alpha value is -1.30. The standard InChI is InChI=1S/C12H20N2O3/c1-9(15)8-13-14(2)6-5-10-3-4-11(16)12(17)7-10/h3-4,7,9,13,15-17H,5-6,8H2,1-2H3/p+1/t9-/m0/s1. The van der Waals surface area contributed by atoms with Crippen LogP contribution in [-0.4, -0.2) is 41.6 Å². The second kappa shape index (κ2) is 6.44. The highest BCUT2D eigenvalue weighted by molar-refractivity contribution is 5.40. The van der Waals surface area contributed by atoms with Crippen molar-refractivity contribution in [3.8, 4) is 11.5 Å². The molecule has 0 radical (unpaired) electrons. The molecule has 0 heterocycles. The van der Waals surface area contributed by atoms with Crippen LogP contribution in [0.5, 0.6) is 11.5 Å². The summed E-state index contributed by atoms with van der Waals surface area (Å²) in [5.41, 5.74) is 4.10. The number of likely N-dealkylation sites (N-methyl/N-ethyl adjacent to an activating group) is 1. The lowest BCUT2D eigenvalue weighted by atomic mass is 10.1. The minimum Gasteiger partial charge on any atom is -0.504 e. The van der Waals surface area contributed by atoms with Crippen molar-refractivity contribution in [3.63, 3.8) is 0 Å². The van der Waals surface area contributed by atoms with Crippen molar-refractivity contribution in [1.82, 2.24) is 5.43 Å². The zero-order chi connectivity index (χ0) is 12.8. The highest BCUT2D eigenvalue weighted by Crippen LogP contribution is 2.24. The Kier molecular flexibility index (Phi) is 5.21. The SMILES string of the molecule is C[C@H](O)CN[NH+](C)CCc1ccc(O)c(O)c1. The first-order valence-corrected chi connectivity index (χ1v) is 5.74. The molecule has 96 valence electrons. The zero-order valence-electron chi connectivity index (χ0n) is 10.3. The van der Waals surface area contributed by atoms with Gasteiger partial charge in [-0.25, -0.2) is 0 Å². The van der Waals surface area contributed by atoms with Gasteiger partial charge in [-0.15, -0.1) is 0 Å². The van der Waals surface area contributed by atoms with E-state index in [1.54, 1.807) is 19.1 Å². The van der Waals surface area contributed by atoms with Gasteiger partial charge >= 0.3 is 0 Å². The minimum atomic E-state index is -0.359. The third-order valence-corrected chi connectivity index (χ3v) is 2.53. The van der Waals surface area contributed by atoms with Gasteiger partial charge in [0.1, 0.15) is 0 Å². The first kappa shape index (κ1) is 13.8. The summed E-state index contributed by atoms with van der Waals surface area (Å²) in [5, 5.41) is 28.7. The van der Waals surface area contributed by atoms with Crippen LogP contribution in [0, 0.1) is 0 Å². The van der Waals surface area contributed by atoms with E-state index in [0.717, 1.165) is 23.5 Å². The zero-order valence-corrected chi connectivity index (χ0v) is 10.3. The Morgan fingerprint density at radius 1 is 1.29 bits per heavy atom. The third-order valence-electron chi connectivity index (χ3n) is 2.53. The van der Waals surface area contributed by atoms with Crippen LogP contribution in [0.25, 0.3) is 0 Å². The molecule has 0 amide bonds. The van der Waals surface area contributed by atoms with E-state index in [0.29, 0.717) is 6.54 Å². The predicted molar refractivity (Wildman–Crippen MR) is 64.9 cm³/mol. The summed E-state index contributed by atoms with van der Waals surface area (Å²) in [5.74, 6) is -0.182. The van der Waals surface area contributed by atoms with Crippen LogP contribution in [0.3, 0.4) is 0 Å². The predicted octanol–water partition coefficient (Wildman–Crippen LogP) is -0.960. The molecule has 1 unspecified atom stereocenters. The maximum Gasteiger partial charge on any atom is 0.157 e. The van der Waals surface area contributed by atoms with Gasteiger partial charge in [0.05, 0.1) is 26.2 Å². The van der Waals surface area contributed by atoms with Crippen LogP contribution >= 0.6 is 0 Å². The molecule has 5 heteroatoms. The Balaban J connectivity index is 2.36. The fourth-order valence-electron chi connectivity index (χ4n) is 1.47. The minimum absolute atomic E-state index is 0.0860. The third kappa shape index (κ3) is 5.04. The summed E-state index contributed by atoms with van der Waals surface area (Å²) in [6.45, 7) is 3.11. The fourth-order valence-corrected chi connectivity index (χ4v) is 1.47. The molecule has 5 N–H and O–H groups in total. The second-order valence-corrected chi connectivity index (χ2v) is 4.33. The molecule has 0 spiro atoms. The maximum absolute atomic E-state index is 9.34. The molecule has 5 nitrogen and oxygen atoms in total. The normalized spacial score (nSPS) is 14.5. The number of aliphatic hydroxyl groups is 1. The van der Waals surface area contributed by atoms with Crippen LogP contribution in [0.2, 0.25) is 0 Å². The molecule has 0 aliphatic rings. The van der Waals surface area contributed by atoms with Crippen molar-refractivity contribution >= 4 is 0 Å². The molecule has 1 aromatic carbocycles. The smallest absolute Gasteiger partial charge is 0.157 e. The van der Waals surface area contributed by atoms with Gasteiger partial charge in [0.25, 0.3) is 0 Å². The largest absolute Gasteiger partial charge is 0.504 e. The van der Waals surface area contributed by atoms with Gasteiger partial charge in [0.15, 0.2) is 11.5 Å². The molecule has 2 atom stereocenters. The molecule has 0 saturated heterocycles. The maximum atomic E-state index is 9.34. The van der Waals surface area contributed by atoms with Crippen LogP contribution < -0.4 is 10.4 Å². The summed E-state index contributed by atoms with van der Waals surface area (Å²) in [6.07, 6.45) is 0.426. The Morgan fingerprint density at radius 3 is 2.59 bits per heavy atom. The molecule has 17 heavy (non-hydrogen) atoms. The highest BCUT2D eigenvalue weighted by Gasteiger charge is 2.06. The van der Waals surface area contributed by atoms with Gasteiger partial charge < -0.3 is 15.3 Å². The topological polar surface area (TPSA) is 77.2 Å². The number of hydrogen-bond donors (Lipinski definition) is 5. The molecule has 1 rings (SSSR count). The Morgan fingerprint density at radius 2 is 2.00 bits per heavy atom. The van der Waals surface area contributed by atoms with Gasteiger partial charge in [-0.2, -0.15) is 5.43 Å². The number of nitrogens with one attached hydrogen (secondary N) is 2. The van der Waals surface area contributed by atoms with Gasteiger partial charge in [-0.3, -0.25) is 5.01 Å². The summed E-state index contributed by atoms with van der Waals surface area (Å²) >= 11 is 0. The van der Waals surface area contributed by atoms with E-state index >= 15 is 0 Å². The van der Waals surface area contributed by atoms with E-state index in [4.69, 9.17) is 5.11 Å². The fraction of sp³-hybridized carbons (Fsp3) is 0.500. The number of quaternary nitrogens is 1. The second-order valence-electron chi connectivity index (χ2n) is 4.33. The molecule has 1 aromatic rings. The molecule has 0 aliphatic carbocycles. The molecule has 0 saturated carbocycles. The van der Waals surface area contributed by atoms with E-state index in [1.165, 1.54) is 6.07 Å². The van der Waals surface area contributed by atoms with E-state index < -0.39 is 0 Å². The lowest BCUT2D eigenvalue weighted by Crippen LogP contribution is -3.16. The van der Waals surface area contributed by atoms with Crippen LogP contribution in [0.1, 0.15) is 12.5 Å². The number of phenols is 2. The summed E-state index contributed by atoms with van der Waals surface area (Å²) in [4.78, 5) is 0. The molecular formula is C12H21N2O3+. The van der Waals surface area contributed by atoms with Crippen LogP contribution in [-0.2, 0) is 6.42 Å². The van der Waals surface area contributed by atoms with E-state index in [2.05, 4.69) is 5.43 Å². The monoisotopic (exact) mass is 241 g/mol. The quantitative estimate of drug-likeness (QED) is 0.328. The molecule has 0 aliphatic heterocycles. The summed E-state index contributed by atoms with van der Waals surface area (Å²) in [6, 6.07) is 4.84. The average molecular weight is 241 g/mol. The lowest BCUT2D eigenvalue weighted by Gasteiger charge is -2.15. The summed E-state index contributed by atoms with van der Waals surface area (Å²) in [7, 11) is 1.97. The van der Waals surface area contributed by atoms with Crippen molar-refractivity contribution in [3.05, 3.63) is 23.8 Å². The summed E-state index contributed by atoms with van der Waals surface area (Å²) < 4.78 is 0. The van der Waals surface area contributed by atoms with Gasteiger partial charge in [0, 0.05) is 6.42 Å². The molecular weight excluding hydrogens is 220 g/mol. The molecule has 0 bridgehead atoms. The van der Waals surface area contributed by atoms with Gasteiger partial charge in [-0.05, 0) is 24.6 Å². The number of rotatable bonds is 6. The van der Waals surface area contributed by atoms with Gasteiger partial charge in [0.2, 0.25) is 0 Å². The number of hydrogen-bond acceptors (Lipinski definition) is 4. The highest BCUT2D eigenvalue weighted by atomic mass is 16.3. The van der Waals surface area contributed by atoms with Crippen LogP contribution in [0.4, 0.5) is 0 Å². The van der Waals surface area contributed by atoms with Crippen LogP contribution in [0.15, 0.2) is 18.2 Å². The van der Waals surface area contributed by atoms with Gasteiger partial charge in [-0.1, -0.05) is 6.07 Å². The van der Waals surface area contributed by atoms with E-state index in [-0.39, 0.29) is 17.6 Å². The van der Waals surface area contributed by atoms with Crippen molar-refractivity contribution in [1.29, 1.82) is 0 Å². The van der Waals surface area contributed by atoms with Crippen molar-refractivity contribution < 1.29 is 20.3 Å². The number of aliphatic hydroxyl groups excluding tert-OH is 1. The first-order valence-electron chi connectivity index (χ1n) is 5.74. The number of phenolic OH excluding ortho intramolecular Hbond substituents is 2. The van der Waals surface area contributed by atoms with E-state index in [1.807, 2.05) is 7.05 Å². The Bertz CT molecular complexity index is 356. The molecule has 0 aromatic heterocycles. The number of benzene rings is 1. The van der Waals surface area contributed by atoms with Crippen molar-refractivity contribution in [2.45, 2.75) is 19.4 Å². The lowest BCUT2D eigenvalue weighted by molar-refractivity contribution is -0.926. The van der Waals surface area contributed by atoms with Crippen molar-refractivity contribution in [2.24, 2.45) is 0 Å². The molecule has 0 fully saturated rings. The number of aromatic hydroxyl groups is 2. The van der Waals surface area contributed by atoms with E-state index in [9.17, 15) is 10.2 Å².